The Morgan fingerprint density at radius 2 is 1.75 bits per heavy atom. The van der Waals surface area contributed by atoms with Crippen molar-refractivity contribution in [3.8, 4) is 0 Å². The van der Waals surface area contributed by atoms with Crippen LogP contribution in [0.2, 0.25) is 0 Å². The lowest BCUT2D eigenvalue weighted by Crippen LogP contribution is -2.38. The fourth-order valence-corrected chi connectivity index (χ4v) is 4.65. The number of esters is 1. The Hall–Kier alpha value is -3.85. The van der Waals surface area contributed by atoms with Crippen molar-refractivity contribution in [2.45, 2.75) is 45.8 Å². The predicted molar refractivity (Wildman–Crippen MR) is 134 cm³/mol. The highest BCUT2D eigenvalue weighted by Gasteiger charge is 2.43. The van der Waals surface area contributed by atoms with Crippen LogP contribution in [0.4, 0.5) is 5.69 Å². The van der Waals surface area contributed by atoms with Crippen LogP contribution < -0.4 is 0 Å². The number of rotatable bonds is 9. The van der Waals surface area contributed by atoms with Crippen molar-refractivity contribution in [2.24, 2.45) is 16.8 Å². The molecular weight excluding hydrogens is 464 g/mol. The summed E-state index contributed by atoms with van der Waals surface area (Å²) in [6, 6.07) is 15.0. The van der Waals surface area contributed by atoms with Gasteiger partial charge in [-0.1, -0.05) is 56.3 Å². The number of benzene rings is 2. The lowest BCUT2D eigenvalue weighted by Gasteiger charge is -2.33. The van der Waals surface area contributed by atoms with Gasteiger partial charge in [-0.2, -0.15) is 0 Å². The minimum Gasteiger partial charge on any atom is -0.481 e. The van der Waals surface area contributed by atoms with Gasteiger partial charge in [0.15, 0.2) is 0 Å². The van der Waals surface area contributed by atoms with Crippen molar-refractivity contribution >= 4 is 23.3 Å². The minimum absolute atomic E-state index is 0.0575. The van der Waals surface area contributed by atoms with Crippen molar-refractivity contribution in [3.05, 3.63) is 87.1 Å². The summed E-state index contributed by atoms with van der Waals surface area (Å²) >= 11 is 0. The van der Waals surface area contributed by atoms with Crippen LogP contribution in [0.15, 0.2) is 70.9 Å². The molecule has 0 saturated carbocycles. The number of non-ortho nitro benzene ring substituents is 1. The second kappa shape index (κ2) is 11.3. The van der Waals surface area contributed by atoms with Gasteiger partial charge in [-0.3, -0.25) is 19.9 Å². The Labute approximate surface area is 209 Å². The summed E-state index contributed by atoms with van der Waals surface area (Å²) in [7, 11) is 1.53. The third-order valence-corrected chi connectivity index (χ3v) is 6.34. The first-order valence-electron chi connectivity index (χ1n) is 11.6. The van der Waals surface area contributed by atoms with Gasteiger partial charge in [0, 0.05) is 36.6 Å². The molecule has 1 aliphatic heterocycles. The molecule has 0 saturated heterocycles. The first-order chi connectivity index (χ1) is 17.1. The van der Waals surface area contributed by atoms with Gasteiger partial charge in [0.05, 0.1) is 10.5 Å². The maximum Gasteiger partial charge on any atom is 0.336 e. The fraction of sp³-hybridized carbons (Fsp3) is 0.370. The van der Waals surface area contributed by atoms with E-state index in [1.165, 1.54) is 25.3 Å². The number of methoxy groups -OCH3 is 1. The quantitative estimate of drug-likeness (QED) is 0.292. The molecule has 0 aliphatic carbocycles. The number of hydrogen-bond donors (Lipinski definition) is 1. The number of aliphatic carboxylic acids is 1. The summed E-state index contributed by atoms with van der Waals surface area (Å²) in [6.07, 6.45) is -1.25. The zero-order valence-electron chi connectivity index (χ0n) is 20.9. The number of allylic oxidation sites excluding steroid dienone is 1. The molecule has 0 bridgehead atoms. The first kappa shape index (κ1) is 26.7. The fourth-order valence-electron chi connectivity index (χ4n) is 4.65. The first-order valence-corrected chi connectivity index (χ1v) is 11.6. The Kier molecular flexibility index (Phi) is 8.37. The van der Waals surface area contributed by atoms with E-state index in [1.807, 2.05) is 44.2 Å². The van der Waals surface area contributed by atoms with E-state index in [0.717, 1.165) is 5.56 Å². The van der Waals surface area contributed by atoms with Crippen LogP contribution in [0, 0.1) is 22.0 Å². The van der Waals surface area contributed by atoms with Crippen LogP contribution in [0.1, 0.15) is 50.8 Å². The van der Waals surface area contributed by atoms with E-state index in [1.54, 1.807) is 19.9 Å². The topological polar surface area (TPSA) is 128 Å². The highest BCUT2D eigenvalue weighted by molar-refractivity contribution is 6.06. The molecular formula is C27H30N2O7. The zero-order chi connectivity index (χ0) is 26.6. The highest BCUT2D eigenvalue weighted by Crippen LogP contribution is 2.41. The van der Waals surface area contributed by atoms with Gasteiger partial charge in [0.2, 0.25) is 0 Å². The molecule has 190 valence electrons. The van der Waals surface area contributed by atoms with Crippen LogP contribution >= 0.6 is 0 Å². The number of nitro groups is 1. The number of carbonyl (C=O) groups excluding carboxylic acids is 1. The molecule has 3 rings (SSSR count). The Morgan fingerprint density at radius 3 is 2.31 bits per heavy atom. The van der Waals surface area contributed by atoms with Crippen LogP contribution in [-0.4, -0.2) is 40.9 Å². The molecule has 4 unspecified atom stereocenters. The number of ether oxygens (including phenoxy) is 2. The normalized spacial score (nSPS) is 19.4. The summed E-state index contributed by atoms with van der Waals surface area (Å²) in [5.74, 6) is -4.27. The van der Waals surface area contributed by atoms with Crippen LogP contribution in [0.3, 0.4) is 0 Å². The second-order valence-electron chi connectivity index (χ2n) is 9.08. The summed E-state index contributed by atoms with van der Waals surface area (Å²) in [5.41, 5.74) is 1.61. The molecule has 9 nitrogen and oxygen atoms in total. The average molecular weight is 495 g/mol. The smallest absolute Gasteiger partial charge is 0.336 e. The van der Waals surface area contributed by atoms with Gasteiger partial charge in [-0.05, 0) is 30.9 Å². The molecule has 36 heavy (non-hydrogen) atoms. The number of nitrogens with zero attached hydrogens (tertiary/aromatic N) is 2. The molecule has 9 heteroatoms. The maximum absolute atomic E-state index is 13.7. The van der Waals surface area contributed by atoms with Crippen LogP contribution in [-0.2, 0) is 19.1 Å². The largest absolute Gasteiger partial charge is 0.481 e. The van der Waals surface area contributed by atoms with E-state index in [0.29, 0.717) is 17.0 Å². The Bertz CT molecular complexity index is 1200. The number of carboxylic acids is 1. The van der Waals surface area contributed by atoms with E-state index in [9.17, 15) is 24.8 Å². The number of carboxylic acid groups (broad SMARTS) is 1. The summed E-state index contributed by atoms with van der Waals surface area (Å²) in [6.45, 7) is 6.98. The number of aliphatic imine (C=N–C) groups is 1. The molecule has 0 fully saturated rings. The standard InChI is InChI=1S/C27H30N2O7/c1-15(2)24(25(35-5)18-10-7-6-8-11-18)36-27(32)22-17(4)28-16(3)21(26(30)31)23(22)19-12-9-13-20(14-19)29(33)34/h6-15,21,23-25H,1-5H3,(H,30,31). The van der Waals surface area contributed by atoms with Gasteiger partial charge in [0.25, 0.3) is 5.69 Å². The average Bonchev–Trinajstić information content (AvgIpc) is 2.83. The molecule has 0 aromatic heterocycles. The van der Waals surface area contributed by atoms with Crippen molar-refractivity contribution in [1.29, 1.82) is 0 Å². The van der Waals surface area contributed by atoms with E-state index in [-0.39, 0.29) is 17.2 Å². The minimum atomic E-state index is -1.19. The third-order valence-electron chi connectivity index (χ3n) is 6.34. The van der Waals surface area contributed by atoms with E-state index in [2.05, 4.69) is 4.99 Å². The van der Waals surface area contributed by atoms with Gasteiger partial charge < -0.3 is 14.6 Å². The molecule has 0 radical (unpaired) electrons. The van der Waals surface area contributed by atoms with Crippen molar-refractivity contribution in [3.63, 3.8) is 0 Å². The van der Waals surface area contributed by atoms with Crippen molar-refractivity contribution < 1.29 is 29.1 Å². The molecule has 0 spiro atoms. The van der Waals surface area contributed by atoms with E-state index in [4.69, 9.17) is 9.47 Å². The number of nitro benzene ring substituents is 1. The molecule has 1 N–H and O–H groups in total. The molecule has 2 aromatic carbocycles. The SMILES string of the molecule is COC(c1ccccc1)C(OC(=O)C1=C(C)N=C(C)C(C(=O)O)C1c1cccc([N+](=O)[O-])c1)C(C)C. The maximum atomic E-state index is 13.7. The van der Waals surface area contributed by atoms with Gasteiger partial charge >= 0.3 is 11.9 Å². The van der Waals surface area contributed by atoms with Gasteiger partial charge in [-0.25, -0.2) is 4.79 Å². The van der Waals surface area contributed by atoms with Gasteiger partial charge in [-0.15, -0.1) is 0 Å². The third kappa shape index (κ3) is 5.52. The van der Waals surface area contributed by atoms with E-state index < -0.39 is 40.9 Å². The number of carbonyl (C=O) groups is 2. The molecule has 2 aromatic rings. The Morgan fingerprint density at radius 1 is 1.08 bits per heavy atom. The predicted octanol–water partition coefficient (Wildman–Crippen LogP) is 5.08. The summed E-state index contributed by atoms with van der Waals surface area (Å²) in [4.78, 5) is 41.2. The summed E-state index contributed by atoms with van der Waals surface area (Å²) in [5, 5.41) is 21.4. The monoisotopic (exact) mass is 494 g/mol. The highest BCUT2D eigenvalue weighted by atomic mass is 16.6. The molecule has 0 amide bonds. The molecule has 1 aliphatic rings. The van der Waals surface area contributed by atoms with Crippen LogP contribution in [0.25, 0.3) is 0 Å². The molecule has 1 heterocycles. The number of hydrogen-bond acceptors (Lipinski definition) is 7. The second-order valence-corrected chi connectivity index (χ2v) is 9.08. The van der Waals surface area contributed by atoms with Gasteiger partial charge in [0.1, 0.15) is 18.1 Å². The lowest BCUT2D eigenvalue weighted by molar-refractivity contribution is -0.384. The molecule has 4 atom stereocenters. The summed E-state index contributed by atoms with van der Waals surface area (Å²) < 4.78 is 11.7. The van der Waals surface area contributed by atoms with Crippen LogP contribution in [0.5, 0.6) is 0 Å². The zero-order valence-corrected chi connectivity index (χ0v) is 20.9. The lowest BCUT2D eigenvalue weighted by atomic mass is 9.75. The Balaban J connectivity index is 2.08. The van der Waals surface area contributed by atoms with E-state index >= 15 is 0 Å². The van der Waals surface area contributed by atoms with Crippen molar-refractivity contribution in [1.82, 2.24) is 0 Å². The van der Waals surface area contributed by atoms with Crippen molar-refractivity contribution in [2.75, 3.05) is 7.11 Å².